The van der Waals surface area contributed by atoms with Crippen molar-refractivity contribution in [3.8, 4) is 5.75 Å². The van der Waals surface area contributed by atoms with E-state index in [1.807, 2.05) is 12.1 Å². The highest BCUT2D eigenvalue weighted by Gasteiger charge is 2.24. The molecule has 0 atom stereocenters. The summed E-state index contributed by atoms with van der Waals surface area (Å²) in [6.07, 6.45) is 1.57. The van der Waals surface area contributed by atoms with E-state index in [2.05, 4.69) is 4.90 Å². The number of halogens is 1. The molecule has 2 N–H and O–H groups in total. The van der Waals surface area contributed by atoms with Crippen molar-refractivity contribution in [1.82, 2.24) is 0 Å². The van der Waals surface area contributed by atoms with Crippen molar-refractivity contribution in [3.63, 3.8) is 0 Å². The zero-order valence-corrected chi connectivity index (χ0v) is 11.1. The molecule has 5 heteroatoms. The molecule has 18 heavy (non-hydrogen) atoms. The van der Waals surface area contributed by atoms with Crippen LogP contribution in [0.5, 0.6) is 5.75 Å². The van der Waals surface area contributed by atoms with Crippen LogP contribution in [0.25, 0.3) is 0 Å². The van der Waals surface area contributed by atoms with Crippen LogP contribution in [0.1, 0.15) is 12.8 Å². The number of hydrogen-bond acceptors (Lipinski definition) is 3. The van der Waals surface area contributed by atoms with Crippen LogP contribution in [0.3, 0.4) is 0 Å². The zero-order chi connectivity index (χ0) is 13.1. The fourth-order valence-electron chi connectivity index (χ4n) is 2.32. The molecule has 1 aromatic rings. The number of anilines is 1. The van der Waals surface area contributed by atoms with E-state index in [1.54, 1.807) is 13.2 Å². The minimum Gasteiger partial charge on any atom is -0.495 e. The van der Waals surface area contributed by atoms with Crippen LogP contribution in [-0.2, 0) is 4.79 Å². The summed E-state index contributed by atoms with van der Waals surface area (Å²) in [5.41, 5.74) is 6.31. The molecule has 4 nitrogen and oxygen atoms in total. The van der Waals surface area contributed by atoms with Gasteiger partial charge in [-0.1, -0.05) is 11.6 Å². The lowest BCUT2D eigenvalue weighted by atomic mass is 9.96. The first-order valence-corrected chi connectivity index (χ1v) is 6.37. The SMILES string of the molecule is COc1ccc(Cl)cc1N1CCC(C(N)=O)CC1. The van der Waals surface area contributed by atoms with Gasteiger partial charge < -0.3 is 15.4 Å². The van der Waals surface area contributed by atoms with Crippen molar-refractivity contribution < 1.29 is 9.53 Å². The maximum absolute atomic E-state index is 11.1. The average molecular weight is 269 g/mol. The number of nitrogens with zero attached hydrogens (tertiary/aromatic N) is 1. The van der Waals surface area contributed by atoms with Crippen molar-refractivity contribution in [2.75, 3.05) is 25.1 Å². The number of nitrogens with two attached hydrogens (primary N) is 1. The summed E-state index contributed by atoms with van der Waals surface area (Å²) in [4.78, 5) is 13.3. The molecule has 1 fully saturated rings. The largest absolute Gasteiger partial charge is 0.495 e. The monoisotopic (exact) mass is 268 g/mol. The third-order valence-corrected chi connectivity index (χ3v) is 3.61. The Bertz CT molecular complexity index is 443. The van der Waals surface area contributed by atoms with Crippen LogP contribution in [0.15, 0.2) is 18.2 Å². The fraction of sp³-hybridized carbons (Fsp3) is 0.462. The van der Waals surface area contributed by atoms with Gasteiger partial charge in [0, 0.05) is 24.0 Å². The second-order valence-corrected chi connectivity index (χ2v) is 4.92. The Kier molecular flexibility index (Phi) is 3.97. The molecule has 1 amide bonds. The van der Waals surface area contributed by atoms with Gasteiger partial charge in [0.2, 0.25) is 5.91 Å². The van der Waals surface area contributed by atoms with E-state index in [-0.39, 0.29) is 11.8 Å². The predicted molar refractivity (Wildman–Crippen MR) is 72.1 cm³/mol. The van der Waals surface area contributed by atoms with Gasteiger partial charge in [0.25, 0.3) is 0 Å². The Labute approximate surface area is 112 Å². The molecule has 98 valence electrons. The molecule has 1 heterocycles. The van der Waals surface area contributed by atoms with Gasteiger partial charge in [0.15, 0.2) is 0 Å². The molecular weight excluding hydrogens is 252 g/mol. The highest BCUT2D eigenvalue weighted by Crippen LogP contribution is 2.33. The number of ether oxygens (including phenoxy) is 1. The number of hydrogen-bond donors (Lipinski definition) is 1. The molecule has 0 bridgehead atoms. The first kappa shape index (κ1) is 13.0. The van der Waals surface area contributed by atoms with E-state index in [4.69, 9.17) is 22.1 Å². The Balaban J connectivity index is 2.14. The summed E-state index contributed by atoms with van der Waals surface area (Å²) in [5, 5.41) is 0.683. The van der Waals surface area contributed by atoms with E-state index in [0.29, 0.717) is 5.02 Å². The molecular formula is C13H17ClN2O2. The van der Waals surface area contributed by atoms with Gasteiger partial charge in [-0.05, 0) is 31.0 Å². The molecule has 1 aliphatic rings. The summed E-state index contributed by atoms with van der Waals surface area (Å²) < 4.78 is 5.34. The van der Waals surface area contributed by atoms with Crippen molar-refractivity contribution in [3.05, 3.63) is 23.2 Å². The molecule has 0 spiro atoms. The Morgan fingerprint density at radius 3 is 2.67 bits per heavy atom. The molecule has 0 aromatic heterocycles. The minimum absolute atomic E-state index is 0.00794. The van der Waals surface area contributed by atoms with Gasteiger partial charge in [0.05, 0.1) is 12.8 Å². The number of rotatable bonds is 3. The Morgan fingerprint density at radius 1 is 1.44 bits per heavy atom. The standard InChI is InChI=1S/C13H17ClN2O2/c1-18-12-3-2-10(14)8-11(12)16-6-4-9(5-7-16)13(15)17/h2-3,8-9H,4-7H2,1H3,(H2,15,17). The molecule has 0 unspecified atom stereocenters. The molecule has 0 saturated carbocycles. The quantitative estimate of drug-likeness (QED) is 0.913. The number of carbonyl (C=O) groups excluding carboxylic acids is 1. The van der Waals surface area contributed by atoms with Gasteiger partial charge in [-0.15, -0.1) is 0 Å². The minimum atomic E-state index is -0.201. The number of amides is 1. The van der Waals surface area contributed by atoms with Crippen LogP contribution >= 0.6 is 11.6 Å². The summed E-state index contributed by atoms with van der Waals surface area (Å²) in [5.74, 6) is 0.594. The smallest absolute Gasteiger partial charge is 0.220 e. The fourth-order valence-corrected chi connectivity index (χ4v) is 2.48. The summed E-state index contributed by atoms with van der Waals surface area (Å²) in [6.45, 7) is 1.59. The van der Waals surface area contributed by atoms with Crippen molar-refractivity contribution in [2.45, 2.75) is 12.8 Å². The normalized spacial score (nSPS) is 16.7. The second kappa shape index (κ2) is 5.48. The van der Waals surface area contributed by atoms with Crippen molar-refractivity contribution in [2.24, 2.45) is 11.7 Å². The summed E-state index contributed by atoms with van der Waals surface area (Å²) >= 11 is 6.02. The van der Waals surface area contributed by atoms with Gasteiger partial charge in [-0.25, -0.2) is 0 Å². The van der Waals surface area contributed by atoms with Crippen LogP contribution in [0.4, 0.5) is 5.69 Å². The third kappa shape index (κ3) is 2.70. The highest BCUT2D eigenvalue weighted by molar-refractivity contribution is 6.30. The van der Waals surface area contributed by atoms with Gasteiger partial charge >= 0.3 is 0 Å². The first-order chi connectivity index (χ1) is 8.61. The number of benzene rings is 1. The lowest BCUT2D eigenvalue weighted by molar-refractivity contribution is -0.122. The van der Waals surface area contributed by atoms with E-state index >= 15 is 0 Å². The van der Waals surface area contributed by atoms with Gasteiger partial charge in [-0.2, -0.15) is 0 Å². The van der Waals surface area contributed by atoms with E-state index in [0.717, 1.165) is 37.4 Å². The number of piperidine rings is 1. The van der Waals surface area contributed by atoms with E-state index < -0.39 is 0 Å². The lowest BCUT2D eigenvalue weighted by Crippen LogP contribution is -2.38. The van der Waals surface area contributed by atoms with Crippen LogP contribution < -0.4 is 15.4 Å². The predicted octanol–water partition coefficient (Wildman–Crippen LogP) is 2.05. The maximum Gasteiger partial charge on any atom is 0.220 e. The molecule has 1 aromatic carbocycles. The number of carbonyl (C=O) groups is 1. The van der Waals surface area contributed by atoms with Crippen LogP contribution in [0, 0.1) is 5.92 Å². The summed E-state index contributed by atoms with van der Waals surface area (Å²) in [6, 6.07) is 5.56. The van der Waals surface area contributed by atoms with Crippen LogP contribution in [0.2, 0.25) is 5.02 Å². The third-order valence-electron chi connectivity index (χ3n) is 3.38. The highest BCUT2D eigenvalue weighted by atomic mass is 35.5. The van der Waals surface area contributed by atoms with Gasteiger partial charge in [-0.3, -0.25) is 4.79 Å². The Morgan fingerprint density at radius 2 is 2.11 bits per heavy atom. The number of primary amides is 1. The van der Waals surface area contributed by atoms with E-state index in [1.165, 1.54) is 0 Å². The zero-order valence-electron chi connectivity index (χ0n) is 10.4. The number of methoxy groups -OCH3 is 1. The molecule has 2 rings (SSSR count). The van der Waals surface area contributed by atoms with Crippen molar-refractivity contribution >= 4 is 23.2 Å². The maximum atomic E-state index is 11.1. The van der Waals surface area contributed by atoms with Gasteiger partial charge in [0.1, 0.15) is 5.75 Å². The van der Waals surface area contributed by atoms with Crippen LogP contribution in [-0.4, -0.2) is 26.1 Å². The summed E-state index contributed by atoms with van der Waals surface area (Å²) in [7, 11) is 1.64. The first-order valence-electron chi connectivity index (χ1n) is 5.99. The second-order valence-electron chi connectivity index (χ2n) is 4.48. The van der Waals surface area contributed by atoms with Crippen molar-refractivity contribution in [1.29, 1.82) is 0 Å². The topological polar surface area (TPSA) is 55.6 Å². The van der Waals surface area contributed by atoms with E-state index in [9.17, 15) is 4.79 Å². The molecule has 1 aliphatic heterocycles. The molecule has 0 aliphatic carbocycles. The lowest BCUT2D eigenvalue weighted by Gasteiger charge is -2.33. The molecule has 0 radical (unpaired) electrons. The molecule has 1 saturated heterocycles. The average Bonchev–Trinajstić information content (AvgIpc) is 2.39. The Hall–Kier alpha value is -1.42.